The van der Waals surface area contributed by atoms with E-state index in [4.69, 9.17) is 0 Å². The molecule has 2 atom stereocenters. The summed E-state index contributed by atoms with van der Waals surface area (Å²) in [5.74, 6) is -0.149. The highest BCUT2D eigenvalue weighted by molar-refractivity contribution is 7.92. The number of rotatable bonds is 4. The van der Waals surface area contributed by atoms with Gasteiger partial charge in [-0.1, -0.05) is 6.07 Å². The van der Waals surface area contributed by atoms with Crippen molar-refractivity contribution in [3.8, 4) is 0 Å². The maximum Gasteiger partial charge on any atom is 0.251 e. The van der Waals surface area contributed by atoms with E-state index in [1.807, 2.05) is 31.4 Å². The second-order valence-electron chi connectivity index (χ2n) is 6.17. The lowest BCUT2D eigenvalue weighted by Crippen LogP contribution is -2.34. The van der Waals surface area contributed by atoms with Gasteiger partial charge in [-0.15, -0.1) is 11.3 Å². The zero-order chi connectivity index (χ0) is 17.5. The minimum Gasteiger partial charge on any atom is -0.345 e. The molecule has 0 spiro atoms. The van der Waals surface area contributed by atoms with Crippen molar-refractivity contribution < 1.29 is 13.2 Å². The molecule has 1 N–H and O–H groups in total. The van der Waals surface area contributed by atoms with E-state index in [0.29, 0.717) is 17.7 Å². The van der Waals surface area contributed by atoms with Gasteiger partial charge in [-0.2, -0.15) is 0 Å². The van der Waals surface area contributed by atoms with Gasteiger partial charge >= 0.3 is 0 Å². The lowest BCUT2D eigenvalue weighted by Gasteiger charge is -2.22. The number of sulfonamides is 1. The molecule has 128 valence electrons. The van der Waals surface area contributed by atoms with Crippen LogP contribution in [0, 0.1) is 0 Å². The first-order valence-electron chi connectivity index (χ1n) is 7.74. The zero-order valence-electron chi connectivity index (χ0n) is 13.8. The number of carbonyl (C=O) groups is 1. The highest BCUT2D eigenvalue weighted by Gasteiger charge is 2.32. The minimum absolute atomic E-state index is 0.0582. The van der Waals surface area contributed by atoms with Gasteiger partial charge in [0, 0.05) is 16.5 Å². The summed E-state index contributed by atoms with van der Waals surface area (Å²) in [7, 11) is -3.31. The number of hydrogen-bond donors (Lipinski definition) is 1. The van der Waals surface area contributed by atoms with E-state index < -0.39 is 10.0 Å². The molecule has 5 nitrogen and oxygen atoms in total. The van der Waals surface area contributed by atoms with Crippen LogP contribution in [0.5, 0.6) is 0 Å². The van der Waals surface area contributed by atoms with Crippen LogP contribution in [0.2, 0.25) is 0 Å². The van der Waals surface area contributed by atoms with Crippen molar-refractivity contribution in [1.29, 1.82) is 0 Å². The lowest BCUT2D eigenvalue weighted by atomic mass is 10.1. The van der Waals surface area contributed by atoms with Gasteiger partial charge in [-0.05, 0) is 55.5 Å². The number of benzene rings is 1. The second kappa shape index (κ2) is 6.22. The average molecular weight is 364 g/mol. The number of thiophene rings is 1. The Morgan fingerprint density at radius 3 is 2.75 bits per heavy atom. The minimum atomic E-state index is -3.31. The summed E-state index contributed by atoms with van der Waals surface area (Å²) < 4.78 is 25.3. The van der Waals surface area contributed by atoms with Gasteiger partial charge in [0.1, 0.15) is 0 Å². The second-order valence-corrected chi connectivity index (χ2v) is 9.00. The topological polar surface area (TPSA) is 66.5 Å². The first kappa shape index (κ1) is 17.0. The van der Waals surface area contributed by atoms with Crippen LogP contribution < -0.4 is 9.62 Å². The molecule has 0 saturated carbocycles. The van der Waals surface area contributed by atoms with Crippen LogP contribution in [0.4, 0.5) is 5.69 Å². The maximum atomic E-state index is 12.5. The van der Waals surface area contributed by atoms with Crippen molar-refractivity contribution in [1.82, 2.24) is 5.32 Å². The standard InChI is InChI=1S/C17H20N2O3S2/c1-11-9-14-10-13(6-7-15(14)19(11)24(3,21)22)17(20)18-12(2)16-5-4-8-23-16/h4-8,10-12H,9H2,1-3H3,(H,18,20)/t11-,12-/m0/s1. The van der Waals surface area contributed by atoms with Crippen molar-refractivity contribution in [2.45, 2.75) is 32.4 Å². The summed E-state index contributed by atoms with van der Waals surface area (Å²) in [5, 5.41) is 4.96. The van der Waals surface area contributed by atoms with Crippen molar-refractivity contribution in [3.63, 3.8) is 0 Å². The predicted molar refractivity (Wildman–Crippen MR) is 97.1 cm³/mol. The molecule has 3 rings (SSSR count). The third kappa shape index (κ3) is 3.18. The summed E-state index contributed by atoms with van der Waals surface area (Å²) in [6.07, 6.45) is 1.83. The number of carbonyl (C=O) groups excluding carboxylic acids is 1. The highest BCUT2D eigenvalue weighted by Crippen LogP contribution is 2.34. The highest BCUT2D eigenvalue weighted by atomic mass is 32.2. The van der Waals surface area contributed by atoms with E-state index >= 15 is 0 Å². The first-order chi connectivity index (χ1) is 11.3. The molecule has 0 radical (unpaired) electrons. The van der Waals surface area contributed by atoms with Crippen LogP contribution in [0.15, 0.2) is 35.7 Å². The molecule has 2 aromatic rings. The molecule has 0 aliphatic carbocycles. The van der Waals surface area contributed by atoms with Gasteiger partial charge in [0.25, 0.3) is 5.91 Å². The van der Waals surface area contributed by atoms with Crippen molar-refractivity contribution in [3.05, 3.63) is 51.7 Å². The molecule has 1 aromatic carbocycles. The summed E-state index contributed by atoms with van der Waals surface area (Å²) in [6, 6.07) is 8.97. The van der Waals surface area contributed by atoms with Gasteiger partial charge < -0.3 is 5.32 Å². The van der Waals surface area contributed by atoms with Crippen LogP contribution in [0.3, 0.4) is 0 Å². The fourth-order valence-electron chi connectivity index (χ4n) is 3.14. The molecular formula is C17H20N2O3S2. The SMILES string of the molecule is C[C@H](NC(=O)c1ccc2c(c1)C[C@H](C)N2S(C)(=O)=O)c1cccs1. The Bertz CT molecular complexity index is 860. The van der Waals surface area contributed by atoms with Crippen LogP contribution in [0.25, 0.3) is 0 Å². The normalized spacial score (nSPS) is 18.3. The van der Waals surface area contributed by atoms with Crippen molar-refractivity contribution in [2.24, 2.45) is 0 Å². The molecule has 1 aliphatic heterocycles. The van der Waals surface area contributed by atoms with Crippen LogP contribution >= 0.6 is 11.3 Å². The number of hydrogen-bond acceptors (Lipinski definition) is 4. The Morgan fingerprint density at radius 2 is 2.12 bits per heavy atom. The zero-order valence-corrected chi connectivity index (χ0v) is 15.4. The number of anilines is 1. The largest absolute Gasteiger partial charge is 0.345 e. The Morgan fingerprint density at radius 1 is 1.38 bits per heavy atom. The van der Waals surface area contributed by atoms with E-state index in [1.54, 1.807) is 29.5 Å². The quantitative estimate of drug-likeness (QED) is 0.907. The summed E-state index contributed by atoms with van der Waals surface area (Å²) in [5.41, 5.74) is 2.12. The van der Waals surface area contributed by atoms with Crippen molar-refractivity contribution in [2.75, 3.05) is 10.6 Å². The summed E-state index contributed by atoms with van der Waals surface area (Å²) in [6.45, 7) is 3.82. The van der Waals surface area contributed by atoms with E-state index in [1.165, 1.54) is 10.6 Å². The fourth-order valence-corrected chi connectivity index (χ4v) is 5.14. The fraction of sp³-hybridized carbons (Fsp3) is 0.353. The number of nitrogens with one attached hydrogen (secondary N) is 1. The number of amides is 1. The number of fused-ring (bicyclic) bond motifs is 1. The van der Waals surface area contributed by atoms with Gasteiger partial charge in [-0.25, -0.2) is 8.42 Å². The van der Waals surface area contributed by atoms with E-state index in [-0.39, 0.29) is 18.0 Å². The van der Waals surface area contributed by atoms with Crippen LogP contribution in [-0.4, -0.2) is 26.6 Å². The number of nitrogens with zero attached hydrogens (tertiary/aromatic N) is 1. The molecule has 0 unspecified atom stereocenters. The third-order valence-corrected chi connectivity index (χ3v) is 6.50. The van der Waals surface area contributed by atoms with E-state index in [2.05, 4.69) is 5.32 Å². The van der Waals surface area contributed by atoms with Gasteiger partial charge in [0.2, 0.25) is 10.0 Å². The van der Waals surface area contributed by atoms with Gasteiger partial charge in [-0.3, -0.25) is 9.10 Å². The van der Waals surface area contributed by atoms with Crippen LogP contribution in [-0.2, 0) is 16.4 Å². The monoisotopic (exact) mass is 364 g/mol. The molecule has 1 aliphatic rings. The lowest BCUT2D eigenvalue weighted by molar-refractivity contribution is 0.0940. The Hall–Kier alpha value is -1.86. The molecule has 1 amide bonds. The molecule has 1 aromatic heterocycles. The first-order valence-corrected chi connectivity index (χ1v) is 10.5. The van der Waals surface area contributed by atoms with E-state index in [0.717, 1.165) is 10.4 Å². The smallest absolute Gasteiger partial charge is 0.251 e. The van der Waals surface area contributed by atoms with Crippen LogP contribution in [0.1, 0.15) is 40.7 Å². The molecule has 24 heavy (non-hydrogen) atoms. The maximum absolute atomic E-state index is 12.5. The summed E-state index contributed by atoms with van der Waals surface area (Å²) >= 11 is 1.60. The van der Waals surface area contributed by atoms with Gasteiger partial charge in [0.05, 0.1) is 18.0 Å². The molecule has 0 bridgehead atoms. The van der Waals surface area contributed by atoms with Crippen molar-refractivity contribution >= 4 is 33.0 Å². The molecule has 7 heteroatoms. The summed E-state index contributed by atoms with van der Waals surface area (Å²) in [4.78, 5) is 13.6. The molecular weight excluding hydrogens is 344 g/mol. The van der Waals surface area contributed by atoms with Gasteiger partial charge in [0.15, 0.2) is 0 Å². The molecule has 0 fully saturated rings. The molecule has 2 heterocycles. The Labute approximate surface area is 146 Å². The Kier molecular flexibility index (Phi) is 4.40. The third-order valence-electron chi connectivity index (χ3n) is 4.17. The average Bonchev–Trinajstić information content (AvgIpc) is 3.11. The Balaban J connectivity index is 1.82. The van der Waals surface area contributed by atoms with E-state index in [9.17, 15) is 13.2 Å². The predicted octanol–water partition coefficient (Wildman–Crippen LogP) is 2.95. The molecule has 0 saturated heterocycles.